The molecule has 3 rings (SSSR count). The third-order valence-electron chi connectivity index (χ3n) is 5.10. The largest absolute Gasteiger partial charge is 0.348 e. The van der Waals surface area contributed by atoms with Crippen LogP contribution in [0.4, 0.5) is 10.1 Å². The monoisotopic (exact) mass is 414 g/mol. The van der Waals surface area contributed by atoms with Gasteiger partial charge in [0.1, 0.15) is 11.4 Å². The number of amides is 3. The van der Waals surface area contributed by atoms with Crippen LogP contribution < -0.4 is 16.2 Å². The zero-order chi connectivity index (χ0) is 21.7. The fraction of sp³-hybridized carbons (Fsp3) is 0.333. The number of nitrogens with one attached hydrogen (secondary N) is 2. The number of anilines is 1. The number of hydrogen-bond acceptors (Lipinski definition) is 4. The van der Waals surface area contributed by atoms with Crippen LogP contribution in [0.5, 0.6) is 0 Å². The van der Waals surface area contributed by atoms with Crippen LogP contribution in [0.1, 0.15) is 23.2 Å². The normalized spacial score (nSPS) is 14.3. The van der Waals surface area contributed by atoms with Crippen molar-refractivity contribution >= 4 is 23.4 Å². The van der Waals surface area contributed by atoms with Gasteiger partial charge in [-0.25, -0.2) is 4.39 Å². The van der Waals surface area contributed by atoms with Crippen LogP contribution in [0.3, 0.4) is 0 Å². The third-order valence-corrected chi connectivity index (χ3v) is 5.10. The van der Waals surface area contributed by atoms with Crippen LogP contribution in [0.15, 0.2) is 47.4 Å². The van der Waals surface area contributed by atoms with Crippen LogP contribution in [-0.4, -0.2) is 46.8 Å². The number of carbonyl (C=O) groups excluding carboxylic acids is 3. The number of pyridine rings is 1. The van der Waals surface area contributed by atoms with E-state index in [0.29, 0.717) is 32.5 Å². The summed E-state index contributed by atoms with van der Waals surface area (Å²) in [5, 5.41) is 4.92. The van der Waals surface area contributed by atoms with Gasteiger partial charge in [-0.2, -0.15) is 0 Å². The molecule has 2 N–H and O–H groups in total. The lowest BCUT2D eigenvalue weighted by Crippen LogP contribution is -2.44. The van der Waals surface area contributed by atoms with Crippen LogP contribution in [0.2, 0.25) is 0 Å². The highest BCUT2D eigenvalue weighted by atomic mass is 19.1. The molecule has 2 aromatic rings. The Kier molecular flexibility index (Phi) is 6.61. The lowest BCUT2D eigenvalue weighted by molar-refractivity contribution is -0.136. The zero-order valence-electron chi connectivity index (χ0n) is 16.6. The molecule has 30 heavy (non-hydrogen) atoms. The average molecular weight is 414 g/mol. The van der Waals surface area contributed by atoms with E-state index in [9.17, 15) is 23.6 Å². The van der Waals surface area contributed by atoms with E-state index < -0.39 is 17.6 Å². The lowest BCUT2D eigenvalue weighted by Gasteiger charge is -2.32. The maximum Gasteiger partial charge on any atom is 0.313 e. The molecule has 0 bridgehead atoms. The number of rotatable bonds is 4. The van der Waals surface area contributed by atoms with Crippen molar-refractivity contribution in [3.8, 4) is 0 Å². The fourth-order valence-corrected chi connectivity index (χ4v) is 3.34. The smallest absolute Gasteiger partial charge is 0.313 e. The van der Waals surface area contributed by atoms with Gasteiger partial charge in [0, 0.05) is 38.6 Å². The molecular formula is C21H23FN4O4. The standard InChI is InChI=1S/C21H23FN4O4/c1-25-9-3-6-17(20(25)29)21(30)26-10-7-14(8-11-26)13-23-18(27)19(28)24-16-5-2-4-15(22)12-16/h2-6,9,12,14H,7-8,10-11,13H2,1H3,(H,23,27)(H,24,28). The highest BCUT2D eigenvalue weighted by molar-refractivity contribution is 6.39. The van der Waals surface area contributed by atoms with E-state index >= 15 is 0 Å². The molecular weight excluding hydrogens is 391 g/mol. The Morgan fingerprint density at radius 3 is 2.53 bits per heavy atom. The number of halogens is 1. The molecule has 3 amide bonds. The van der Waals surface area contributed by atoms with Crippen LogP contribution in [0.25, 0.3) is 0 Å². The van der Waals surface area contributed by atoms with E-state index in [1.54, 1.807) is 24.2 Å². The van der Waals surface area contributed by atoms with Gasteiger partial charge in [-0.05, 0) is 49.1 Å². The van der Waals surface area contributed by atoms with E-state index in [4.69, 9.17) is 0 Å². The molecule has 0 spiro atoms. The summed E-state index contributed by atoms with van der Waals surface area (Å²) in [4.78, 5) is 50.3. The summed E-state index contributed by atoms with van der Waals surface area (Å²) in [6.45, 7) is 1.23. The molecule has 158 valence electrons. The summed E-state index contributed by atoms with van der Waals surface area (Å²) < 4.78 is 14.5. The Morgan fingerprint density at radius 2 is 1.83 bits per heavy atom. The van der Waals surface area contributed by atoms with Crippen LogP contribution in [0, 0.1) is 11.7 Å². The highest BCUT2D eigenvalue weighted by Crippen LogP contribution is 2.18. The summed E-state index contributed by atoms with van der Waals surface area (Å²) in [5.74, 6) is -2.37. The Bertz CT molecular complexity index is 1010. The van der Waals surface area contributed by atoms with Gasteiger partial charge < -0.3 is 20.1 Å². The minimum atomic E-state index is -0.867. The van der Waals surface area contributed by atoms with Gasteiger partial charge in [0.25, 0.3) is 11.5 Å². The van der Waals surface area contributed by atoms with E-state index in [1.807, 2.05) is 0 Å². The van der Waals surface area contributed by atoms with Crippen LogP contribution >= 0.6 is 0 Å². The van der Waals surface area contributed by atoms with Gasteiger partial charge in [0.15, 0.2) is 0 Å². The second-order valence-corrected chi connectivity index (χ2v) is 7.25. The molecule has 0 unspecified atom stereocenters. The quantitative estimate of drug-likeness (QED) is 0.733. The predicted molar refractivity (Wildman–Crippen MR) is 108 cm³/mol. The summed E-state index contributed by atoms with van der Waals surface area (Å²) in [5.41, 5.74) is 0.0102. The van der Waals surface area contributed by atoms with Crippen molar-refractivity contribution in [2.75, 3.05) is 25.0 Å². The average Bonchev–Trinajstić information content (AvgIpc) is 2.74. The number of aryl methyl sites for hydroxylation is 1. The highest BCUT2D eigenvalue weighted by Gasteiger charge is 2.26. The zero-order valence-corrected chi connectivity index (χ0v) is 16.6. The molecule has 0 atom stereocenters. The van der Waals surface area contributed by atoms with Gasteiger partial charge in [0.2, 0.25) is 0 Å². The van der Waals surface area contributed by atoms with E-state index in [-0.39, 0.29) is 28.6 Å². The summed E-state index contributed by atoms with van der Waals surface area (Å²) in [6.07, 6.45) is 2.88. The van der Waals surface area contributed by atoms with Gasteiger partial charge in [-0.1, -0.05) is 6.07 Å². The van der Waals surface area contributed by atoms with E-state index in [0.717, 1.165) is 6.07 Å². The Morgan fingerprint density at radius 1 is 1.10 bits per heavy atom. The van der Waals surface area contributed by atoms with Gasteiger partial charge in [-0.15, -0.1) is 0 Å². The molecule has 1 aliphatic heterocycles. The summed E-state index contributed by atoms with van der Waals surface area (Å²) >= 11 is 0. The number of piperidine rings is 1. The molecule has 9 heteroatoms. The number of benzene rings is 1. The molecule has 8 nitrogen and oxygen atoms in total. The van der Waals surface area contributed by atoms with Crippen molar-refractivity contribution < 1.29 is 18.8 Å². The first-order chi connectivity index (χ1) is 14.3. The Labute approximate surface area is 172 Å². The van der Waals surface area contributed by atoms with Crippen molar-refractivity contribution in [2.45, 2.75) is 12.8 Å². The van der Waals surface area contributed by atoms with E-state index in [2.05, 4.69) is 10.6 Å². The Hall–Kier alpha value is -3.49. The maximum atomic E-state index is 13.1. The number of likely N-dealkylation sites (tertiary alicyclic amines) is 1. The molecule has 1 aliphatic rings. The molecule has 1 saturated heterocycles. The number of nitrogens with zero attached hydrogens (tertiary/aromatic N) is 2. The van der Waals surface area contributed by atoms with Crippen LogP contribution in [-0.2, 0) is 16.6 Å². The SMILES string of the molecule is Cn1cccc(C(=O)N2CCC(CNC(=O)C(=O)Nc3cccc(F)c3)CC2)c1=O. The predicted octanol–water partition coefficient (Wildman–Crippen LogP) is 1.13. The molecule has 2 heterocycles. The van der Waals surface area contributed by atoms with Crippen molar-refractivity contribution in [1.82, 2.24) is 14.8 Å². The van der Waals surface area contributed by atoms with E-state index in [1.165, 1.54) is 28.8 Å². The van der Waals surface area contributed by atoms with Gasteiger partial charge in [-0.3, -0.25) is 19.2 Å². The Balaban J connectivity index is 1.46. The van der Waals surface area contributed by atoms with Crippen molar-refractivity contribution in [2.24, 2.45) is 13.0 Å². The third kappa shape index (κ3) is 5.11. The first-order valence-electron chi connectivity index (χ1n) is 9.65. The number of hydrogen-bond donors (Lipinski definition) is 2. The number of aromatic nitrogens is 1. The fourth-order valence-electron chi connectivity index (χ4n) is 3.34. The van der Waals surface area contributed by atoms with Gasteiger partial charge >= 0.3 is 11.8 Å². The summed E-state index contributed by atoms with van der Waals surface area (Å²) in [6, 6.07) is 8.46. The molecule has 0 radical (unpaired) electrons. The maximum absolute atomic E-state index is 13.1. The topological polar surface area (TPSA) is 101 Å². The number of carbonyl (C=O) groups is 3. The minimum absolute atomic E-state index is 0.110. The van der Waals surface area contributed by atoms with Crippen molar-refractivity contribution in [3.05, 3.63) is 64.3 Å². The van der Waals surface area contributed by atoms with Gasteiger partial charge in [0.05, 0.1) is 0 Å². The van der Waals surface area contributed by atoms with Crippen molar-refractivity contribution in [3.63, 3.8) is 0 Å². The second-order valence-electron chi connectivity index (χ2n) is 7.25. The first kappa shape index (κ1) is 21.2. The lowest BCUT2D eigenvalue weighted by atomic mass is 9.96. The molecule has 1 fully saturated rings. The second kappa shape index (κ2) is 9.34. The molecule has 0 saturated carbocycles. The minimum Gasteiger partial charge on any atom is -0.348 e. The molecule has 1 aromatic carbocycles. The van der Waals surface area contributed by atoms with Crippen molar-refractivity contribution in [1.29, 1.82) is 0 Å². The molecule has 0 aliphatic carbocycles. The first-order valence-corrected chi connectivity index (χ1v) is 9.65. The molecule has 1 aromatic heterocycles. The summed E-state index contributed by atoms with van der Waals surface area (Å²) in [7, 11) is 1.60.